The largest absolute Gasteiger partial charge is 0.354 e. The summed E-state index contributed by atoms with van der Waals surface area (Å²) in [5, 5.41) is 2.96. The van der Waals surface area contributed by atoms with Crippen LogP contribution >= 0.6 is 0 Å². The third-order valence-corrected chi connectivity index (χ3v) is 8.79. The summed E-state index contributed by atoms with van der Waals surface area (Å²) in [5.74, 6) is -0.187. The number of nitrogens with zero attached hydrogens (tertiary/aromatic N) is 2. The van der Waals surface area contributed by atoms with E-state index in [0.29, 0.717) is 18.7 Å². The van der Waals surface area contributed by atoms with E-state index >= 15 is 0 Å². The molecule has 0 bridgehead atoms. The Balaban J connectivity index is 2.04. The van der Waals surface area contributed by atoms with Gasteiger partial charge in [0.05, 0.1) is 10.6 Å². The summed E-state index contributed by atoms with van der Waals surface area (Å²) in [6.45, 7) is 12.2. The van der Waals surface area contributed by atoms with Crippen LogP contribution in [0.2, 0.25) is 0 Å². The SMILES string of the molecule is CCC(C(=O)NCC(C)C)N(Cc1ccc(C)cc1)C(=O)CN(c1ccc(C(C)C)cc1)S(=O)(=O)c1ccccc1. The summed E-state index contributed by atoms with van der Waals surface area (Å²) in [6.07, 6.45) is 0.385. The fourth-order valence-electron chi connectivity index (χ4n) is 4.51. The second-order valence-corrected chi connectivity index (χ2v) is 13.0. The molecular weight excluding hydrogens is 534 g/mol. The Morgan fingerprint density at radius 3 is 2.00 bits per heavy atom. The monoisotopic (exact) mass is 577 g/mol. The molecule has 0 saturated carbocycles. The predicted octanol–water partition coefficient (Wildman–Crippen LogP) is 5.89. The van der Waals surface area contributed by atoms with Crippen LogP contribution in [0, 0.1) is 12.8 Å². The number of hydrogen-bond acceptors (Lipinski definition) is 4. The molecule has 7 nitrogen and oxygen atoms in total. The van der Waals surface area contributed by atoms with Gasteiger partial charge in [-0.25, -0.2) is 8.42 Å². The number of anilines is 1. The van der Waals surface area contributed by atoms with E-state index < -0.39 is 28.5 Å². The summed E-state index contributed by atoms with van der Waals surface area (Å²) in [6, 6.07) is 22.4. The van der Waals surface area contributed by atoms with Crippen molar-refractivity contribution in [2.45, 2.75) is 71.4 Å². The molecule has 3 aromatic carbocycles. The number of aryl methyl sites for hydroxylation is 1. The topological polar surface area (TPSA) is 86.8 Å². The third kappa shape index (κ3) is 8.43. The summed E-state index contributed by atoms with van der Waals surface area (Å²) in [5.41, 5.74) is 3.39. The van der Waals surface area contributed by atoms with Crippen LogP contribution in [0.25, 0.3) is 0 Å². The summed E-state index contributed by atoms with van der Waals surface area (Å²) >= 11 is 0. The Morgan fingerprint density at radius 2 is 1.46 bits per heavy atom. The minimum Gasteiger partial charge on any atom is -0.354 e. The highest BCUT2D eigenvalue weighted by Gasteiger charge is 2.33. The maximum atomic E-state index is 14.1. The molecule has 1 atom stereocenters. The standard InChI is InChI=1S/C33H43N3O4S/c1-7-31(33(38)34-21-24(2)3)35(22-27-15-13-26(6)14-16-27)32(37)23-36(29-19-17-28(18-20-29)25(4)5)41(39,40)30-11-9-8-10-12-30/h8-20,24-25,31H,7,21-23H2,1-6H3,(H,34,38). The maximum Gasteiger partial charge on any atom is 0.264 e. The number of carbonyl (C=O) groups excluding carboxylic acids is 2. The summed E-state index contributed by atoms with van der Waals surface area (Å²) < 4.78 is 29.0. The van der Waals surface area contributed by atoms with Crippen molar-refractivity contribution in [1.29, 1.82) is 0 Å². The van der Waals surface area contributed by atoms with Crippen LogP contribution in [0.15, 0.2) is 83.8 Å². The van der Waals surface area contributed by atoms with Gasteiger partial charge in [0.2, 0.25) is 11.8 Å². The zero-order chi connectivity index (χ0) is 30.2. The minimum absolute atomic E-state index is 0.0903. The van der Waals surface area contributed by atoms with Gasteiger partial charge >= 0.3 is 0 Å². The first kappa shape index (κ1) is 31.9. The smallest absolute Gasteiger partial charge is 0.264 e. The van der Waals surface area contributed by atoms with Gasteiger partial charge in [-0.15, -0.1) is 0 Å². The van der Waals surface area contributed by atoms with Crippen LogP contribution in [0.4, 0.5) is 5.69 Å². The van der Waals surface area contributed by atoms with Gasteiger partial charge in [-0.3, -0.25) is 13.9 Å². The average Bonchev–Trinajstić information content (AvgIpc) is 2.96. The lowest BCUT2D eigenvalue weighted by Gasteiger charge is -2.33. The van der Waals surface area contributed by atoms with Gasteiger partial charge in [0, 0.05) is 13.1 Å². The van der Waals surface area contributed by atoms with Crippen molar-refractivity contribution in [1.82, 2.24) is 10.2 Å². The second kappa shape index (κ2) is 14.3. The highest BCUT2D eigenvalue weighted by molar-refractivity contribution is 7.92. The quantitative estimate of drug-likeness (QED) is 0.274. The molecule has 0 aromatic heterocycles. The molecule has 0 heterocycles. The first-order valence-electron chi connectivity index (χ1n) is 14.2. The molecule has 0 aliphatic rings. The van der Waals surface area contributed by atoms with Crippen molar-refractivity contribution in [3.05, 3.63) is 95.6 Å². The fourth-order valence-corrected chi connectivity index (χ4v) is 5.94. The van der Waals surface area contributed by atoms with Crippen LogP contribution in [0.5, 0.6) is 0 Å². The lowest BCUT2D eigenvalue weighted by atomic mass is 10.0. The number of benzene rings is 3. The number of amides is 2. The first-order chi connectivity index (χ1) is 19.4. The van der Waals surface area contributed by atoms with Crippen molar-refractivity contribution in [2.75, 3.05) is 17.4 Å². The molecule has 0 aliphatic carbocycles. The zero-order valence-corrected chi connectivity index (χ0v) is 25.8. The predicted molar refractivity (Wildman–Crippen MR) is 165 cm³/mol. The Labute approximate surface area is 245 Å². The van der Waals surface area contributed by atoms with Crippen molar-refractivity contribution in [3.8, 4) is 0 Å². The molecule has 1 unspecified atom stereocenters. The van der Waals surface area contributed by atoms with E-state index in [-0.39, 0.29) is 29.2 Å². The number of carbonyl (C=O) groups is 2. The Bertz CT molecular complexity index is 1390. The van der Waals surface area contributed by atoms with Crippen LogP contribution in [-0.4, -0.2) is 44.3 Å². The molecule has 8 heteroatoms. The van der Waals surface area contributed by atoms with Crippen LogP contribution in [0.3, 0.4) is 0 Å². The number of hydrogen-bond donors (Lipinski definition) is 1. The molecule has 3 rings (SSSR count). The van der Waals surface area contributed by atoms with Gasteiger partial charge in [-0.05, 0) is 60.6 Å². The molecule has 220 valence electrons. The Hall–Kier alpha value is -3.65. The normalized spacial score (nSPS) is 12.3. The van der Waals surface area contributed by atoms with E-state index in [2.05, 4.69) is 19.2 Å². The van der Waals surface area contributed by atoms with Gasteiger partial charge in [0.25, 0.3) is 10.0 Å². The number of sulfonamides is 1. The van der Waals surface area contributed by atoms with Gasteiger partial charge in [-0.2, -0.15) is 0 Å². The van der Waals surface area contributed by atoms with E-state index in [1.165, 1.54) is 17.0 Å². The Morgan fingerprint density at radius 1 is 0.854 bits per heavy atom. The van der Waals surface area contributed by atoms with Crippen molar-refractivity contribution >= 4 is 27.5 Å². The molecule has 1 N–H and O–H groups in total. The van der Waals surface area contributed by atoms with E-state index in [0.717, 1.165) is 21.0 Å². The third-order valence-electron chi connectivity index (χ3n) is 7.00. The molecule has 0 saturated heterocycles. The van der Waals surface area contributed by atoms with Gasteiger partial charge in [0.15, 0.2) is 0 Å². The molecule has 2 amide bonds. The van der Waals surface area contributed by atoms with Crippen LogP contribution in [0.1, 0.15) is 63.6 Å². The molecule has 0 spiro atoms. The van der Waals surface area contributed by atoms with E-state index in [9.17, 15) is 18.0 Å². The average molecular weight is 578 g/mol. The molecular formula is C33H43N3O4S. The van der Waals surface area contributed by atoms with Gasteiger partial charge in [-0.1, -0.05) is 94.8 Å². The highest BCUT2D eigenvalue weighted by Crippen LogP contribution is 2.27. The maximum absolute atomic E-state index is 14.1. The van der Waals surface area contributed by atoms with E-state index in [4.69, 9.17) is 0 Å². The second-order valence-electron chi connectivity index (χ2n) is 11.1. The van der Waals surface area contributed by atoms with Crippen LogP contribution in [-0.2, 0) is 26.2 Å². The lowest BCUT2D eigenvalue weighted by molar-refractivity contribution is -0.140. The molecule has 3 aromatic rings. The highest BCUT2D eigenvalue weighted by atomic mass is 32.2. The molecule has 0 fully saturated rings. The fraction of sp³-hybridized carbons (Fsp3) is 0.394. The van der Waals surface area contributed by atoms with Gasteiger partial charge < -0.3 is 10.2 Å². The Kier molecular flexibility index (Phi) is 11.1. The zero-order valence-electron chi connectivity index (χ0n) is 25.0. The molecule has 0 radical (unpaired) electrons. The van der Waals surface area contributed by atoms with Crippen molar-refractivity contribution in [3.63, 3.8) is 0 Å². The number of rotatable bonds is 13. The van der Waals surface area contributed by atoms with E-state index in [1.807, 2.05) is 64.1 Å². The van der Waals surface area contributed by atoms with Gasteiger partial charge in [0.1, 0.15) is 12.6 Å². The number of nitrogens with one attached hydrogen (secondary N) is 1. The van der Waals surface area contributed by atoms with Crippen LogP contribution < -0.4 is 9.62 Å². The lowest BCUT2D eigenvalue weighted by Crippen LogP contribution is -2.52. The van der Waals surface area contributed by atoms with Crippen molar-refractivity contribution in [2.24, 2.45) is 5.92 Å². The summed E-state index contributed by atoms with van der Waals surface area (Å²) in [7, 11) is -4.08. The van der Waals surface area contributed by atoms with E-state index in [1.54, 1.807) is 30.3 Å². The first-order valence-corrected chi connectivity index (χ1v) is 15.7. The van der Waals surface area contributed by atoms with Crippen molar-refractivity contribution < 1.29 is 18.0 Å². The molecule has 0 aliphatic heterocycles. The molecule has 41 heavy (non-hydrogen) atoms. The summed E-state index contributed by atoms with van der Waals surface area (Å²) in [4.78, 5) is 29.0. The minimum atomic E-state index is -4.08.